The minimum Gasteiger partial charge on any atom is -0.497 e. The summed E-state index contributed by atoms with van der Waals surface area (Å²) in [6, 6.07) is 12.5. The Hall–Kier alpha value is -3.04. The zero-order valence-corrected chi connectivity index (χ0v) is 21.6. The first-order chi connectivity index (χ1) is 16.7. The lowest BCUT2D eigenvalue weighted by Gasteiger charge is -2.28. The maximum Gasteiger partial charge on any atom is 0.338 e. The summed E-state index contributed by atoms with van der Waals surface area (Å²) in [5.74, 6) is -0.583. The van der Waals surface area contributed by atoms with Gasteiger partial charge in [0.05, 0.1) is 30.2 Å². The molecule has 1 amide bonds. The lowest BCUT2D eigenvalue weighted by atomic mass is 10.1. The number of likely N-dealkylation sites (N-methyl/N-ethyl adjacent to an activating group) is 1. The van der Waals surface area contributed by atoms with Crippen molar-refractivity contribution in [3.63, 3.8) is 0 Å². The van der Waals surface area contributed by atoms with E-state index in [0.29, 0.717) is 36.7 Å². The number of amides is 1. The van der Waals surface area contributed by atoms with Crippen LogP contribution in [0.1, 0.15) is 48.9 Å². The second-order valence-electron chi connectivity index (χ2n) is 8.45. The molecule has 0 saturated carbocycles. The predicted octanol–water partition coefficient (Wildman–Crippen LogP) is 4.57. The number of methoxy groups -OCH3 is 1. The summed E-state index contributed by atoms with van der Waals surface area (Å²) in [6.45, 7) is 4.57. The molecule has 1 heterocycles. The highest BCUT2D eigenvalue weighted by Gasteiger charge is 2.41. The van der Waals surface area contributed by atoms with Crippen LogP contribution in [0.2, 0.25) is 0 Å². The highest BCUT2D eigenvalue weighted by atomic mass is 32.2. The van der Waals surface area contributed by atoms with E-state index in [2.05, 4.69) is 0 Å². The molecular weight excluding hydrogens is 480 g/mol. The molecule has 1 aliphatic rings. The van der Waals surface area contributed by atoms with Crippen molar-refractivity contribution >= 4 is 35.3 Å². The summed E-state index contributed by atoms with van der Waals surface area (Å²) < 4.78 is 16.2. The number of benzene rings is 2. The van der Waals surface area contributed by atoms with Crippen LogP contribution in [0, 0.1) is 0 Å². The van der Waals surface area contributed by atoms with E-state index in [0.717, 1.165) is 16.9 Å². The molecule has 2 aromatic carbocycles. The third-order valence-electron chi connectivity index (χ3n) is 5.47. The first-order valence-electron chi connectivity index (χ1n) is 11.5. The number of esters is 2. The number of ether oxygens (including phenoxy) is 3. The second kappa shape index (κ2) is 13.3. The molecule has 0 aromatic heterocycles. The van der Waals surface area contributed by atoms with Crippen LogP contribution in [0.3, 0.4) is 0 Å². The number of rotatable bonds is 9. The number of carbonyl (C=O) groups excluding carboxylic acids is 3. The van der Waals surface area contributed by atoms with E-state index >= 15 is 0 Å². The second-order valence-corrected chi connectivity index (χ2v) is 9.64. The van der Waals surface area contributed by atoms with Crippen molar-refractivity contribution in [3.8, 4) is 5.75 Å². The molecule has 9 heteroatoms. The van der Waals surface area contributed by atoms with E-state index in [1.54, 1.807) is 42.3 Å². The van der Waals surface area contributed by atoms with Gasteiger partial charge in [0, 0.05) is 24.9 Å². The van der Waals surface area contributed by atoms with Crippen molar-refractivity contribution in [1.29, 1.82) is 0 Å². The van der Waals surface area contributed by atoms with Crippen LogP contribution < -0.4 is 9.64 Å². The van der Waals surface area contributed by atoms with Gasteiger partial charge < -0.3 is 24.0 Å². The maximum absolute atomic E-state index is 13.8. The fourth-order valence-corrected chi connectivity index (χ4v) is 5.05. The van der Waals surface area contributed by atoms with Gasteiger partial charge in [0.1, 0.15) is 5.75 Å². The van der Waals surface area contributed by atoms with Crippen LogP contribution in [0.5, 0.6) is 5.75 Å². The number of anilines is 1. The normalized spacial score (nSPS) is 17.1. The molecule has 36 heavy (non-hydrogen) atoms. The summed E-state index contributed by atoms with van der Waals surface area (Å²) in [4.78, 5) is 42.8. The van der Waals surface area contributed by atoms with Crippen LogP contribution in [0.15, 0.2) is 47.4 Å². The molecular formula is C27H36N2O6S. The summed E-state index contributed by atoms with van der Waals surface area (Å²) in [6.07, 6.45) is -0.321. The SMILES string of the molecule is C.CCCOC(=O)c1ccc2c(c1)S[C@@H](c1ccc(OC)cc1)[C@@H](OC(C)=O)C(=O)N2CCN(C)C. The smallest absolute Gasteiger partial charge is 0.338 e. The van der Waals surface area contributed by atoms with Crippen LogP contribution in [0.4, 0.5) is 5.69 Å². The summed E-state index contributed by atoms with van der Waals surface area (Å²) >= 11 is 1.39. The topological polar surface area (TPSA) is 85.4 Å². The minimum absolute atomic E-state index is 0. The van der Waals surface area contributed by atoms with Crippen molar-refractivity contribution in [2.75, 3.05) is 45.8 Å². The van der Waals surface area contributed by atoms with Crippen LogP contribution >= 0.6 is 11.8 Å². The van der Waals surface area contributed by atoms with Crippen molar-refractivity contribution in [3.05, 3.63) is 53.6 Å². The summed E-state index contributed by atoms with van der Waals surface area (Å²) in [7, 11) is 5.43. The molecule has 1 aliphatic heterocycles. The van der Waals surface area contributed by atoms with E-state index in [4.69, 9.17) is 14.2 Å². The van der Waals surface area contributed by atoms with Gasteiger partial charge in [-0.3, -0.25) is 9.59 Å². The standard InChI is InChI=1S/C26H32N2O6S.CH4/c1-6-15-33-26(31)19-9-12-21-22(16-19)35-24(18-7-10-20(32-5)11-8-18)23(34-17(2)29)25(30)28(21)14-13-27(3)4;/h7-12,16,23-24H,6,13-15H2,1-5H3;1H4/t23-,24+;/m1./s1. The number of hydrogen-bond acceptors (Lipinski definition) is 8. The quantitative estimate of drug-likeness (QED) is 0.448. The third kappa shape index (κ3) is 7.01. The van der Waals surface area contributed by atoms with Gasteiger partial charge in [0.25, 0.3) is 5.91 Å². The van der Waals surface area contributed by atoms with Gasteiger partial charge in [-0.15, -0.1) is 11.8 Å². The molecule has 0 N–H and O–H groups in total. The fraction of sp³-hybridized carbons (Fsp3) is 0.444. The van der Waals surface area contributed by atoms with E-state index in [9.17, 15) is 14.4 Å². The predicted molar refractivity (Wildman–Crippen MR) is 142 cm³/mol. The Morgan fingerprint density at radius 2 is 1.81 bits per heavy atom. The van der Waals surface area contributed by atoms with Crippen LogP contribution in [-0.2, 0) is 19.1 Å². The van der Waals surface area contributed by atoms with Gasteiger partial charge in [-0.05, 0) is 56.4 Å². The molecule has 0 radical (unpaired) electrons. The average molecular weight is 517 g/mol. The van der Waals surface area contributed by atoms with Gasteiger partial charge >= 0.3 is 11.9 Å². The van der Waals surface area contributed by atoms with Crippen molar-refractivity contribution in [1.82, 2.24) is 4.90 Å². The molecule has 2 aromatic rings. The minimum atomic E-state index is -1.05. The van der Waals surface area contributed by atoms with E-state index < -0.39 is 23.3 Å². The van der Waals surface area contributed by atoms with Crippen LogP contribution in [0.25, 0.3) is 0 Å². The monoisotopic (exact) mass is 516 g/mol. The molecule has 0 fully saturated rings. The van der Waals surface area contributed by atoms with Gasteiger partial charge in [0.15, 0.2) is 6.10 Å². The van der Waals surface area contributed by atoms with E-state index in [1.807, 2.05) is 38.1 Å². The number of hydrogen-bond donors (Lipinski definition) is 0. The van der Waals surface area contributed by atoms with Crippen molar-refractivity contribution in [2.45, 2.75) is 43.9 Å². The van der Waals surface area contributed by atoms with Gasteiger partial charge in [0.2, 0.25) is 0 Å². The third-order valence-corrected chi connectivity index (χ3v) is 6.82. The van der Waals surface area contributed by atoms with E-state index in [-0.39, 0.29) is 13.3 Å². The Bertz CT molecular complexity index is 1060. The first-order valence-corrected chi connectivity index (χ1v) is 12.4. The summed E-state index contributed by atoms with van der Waals surface area (Å²) in [5, 5.41) is -0.526. The Morgan fingerprint density at radius 3 is 2.39 bits per heavy atom. The van der Waals surface area contributed by atoms with E-state index in [1.165, 1.54) is 18.7 Å². The zero-order valence-electron chi connectivity index (χ0n) is 20.8. The van der Waals surface area contributed by atoms with Crippen LogP contribution in [-0.4, -0.2) is 69.8 Å². The molecule has 0 saturated heterocycles. The van der Waals surface area contributed by atoms with Gasteiger partial charge in [-0.25, -0.2) is 4.79 Å². The lowest BCUT2D eigenvalue weighted by molar-refractivity contribution is -0.152. The number of thioether (sulfide) groups is 1. The highest BCUT2D eigenvalue weighted by Crippen LogP contribution is 2.47. The highest BCUT2D eigenvalue weighted by molar-refractivity contribution is 7.99. The van der Waals surface area contributed by atoms with Gasteiger partial charge in [-0.1, -0.05) is 26.5 Å². The Balaban J connectivity index is 0.00000456. The maximum atomic E-state index is 13.8. The zero-order chi connectivity index (χ0) is 25.5. The Labute approximate surface area is 217 Å². The fourth-order valence-electron chi connectivity index (χ4n) is 3.70. The van der Waals surface area contributed by atoms with Crippen molar-refractivity contribution in [2.24, 2.45) is 0 Å². The summed E-state index contributed by atoms with van der Waals surface area (Å²) in [5.41, 5.74) is 1.88. The average Bonchev–Trinajstić information content (AvgIpc) is 2.95. The largest absolute Gasteiger partial charge is 0.497 e. The number of carbonyl (C=O) groups is 3. The molecule has 3 rings (SSSR count). The molecule has 0 unspecified atom stereocenters. The van der Waals surface area contributed by atoms with Gasteiger partial charge in [-0.2, -0.15) is 0 Å². The molecule has 196 valence electrons. The molecule has 2 atom stereocenters. The first kappa shape index (κ1) is 29.2. The van der Waals surface area contributed by atoms with Crippen molar-refractivity contribution < 1.29 is 28.6 Å². The lowest BCUT2D eigenvalue weighted by Crippen LogP contribution is -2.45. The molecule has 8 nitrogen and oxygen atoms in total. The molecule has 0 bridgehead atoms. The number of fused-ring (bicyclic) bond motifs is 1. The number of nitrogens with zero attached hydrogens (tertiary/aromatic N) is 2. The Morgan fingerprint density at radius 1 is 1.11 bits per heavy atom. The molecule has 0 spiro atoms. The molecule has 0 aliphatic carbocycles. The Kier molecular flexibility index (Phi) is 10.8.